The number of ether oxygens (including phenoxy) is 1. The van der Waals surface area contributed by atoms with E-state index >= 15 is 0 Å². The van der Waals surface area contributed by atoms with Gasteiger partial charge in [0.25, 0.3) is 0 Å². The van der Waals surface area contributed by atoms with Crippen LogP contribution >= 0.6 is 12.2 Å². The van der Waals surface area contributed by atoms with Crippen molar-refractivity contribution in [2.45, 2.75) is 18.9 Å². The summed E-state index contributed by atoms with van der Waals surface area (Å²) in [7, 11) is 1.66. The normalized spacial score (nSPS) is 19.1. The molecule has 2 aliphatic rings. The molecule has 2 N–H and O–H groups in total. The molecule has 0 aromatic heterocycles. The summed E-state index contributed by atoms with van der Waals surface area (Å²) in [6, 6.07) is 12.7. The first-order chi connectivity index (χ1) is 11.7. The van der Waals surface area contributed by atoms with Gasteiger partial charge in [-0.3, -0.25) is 0 Å². The Hall–Kier alpha value is -2.40. The average molecular weight is 340 g/mol. The van der Waals surface area contributed by atoms with Crippen molar-refractivity contribution in [3.63, 3.8) is 0 Å². The van der Waals surface area contributed by atoms with Crippen molar-refractivity contribution in [2.75, 3.05) is 7.11 Å². The summed E-state index contributed by atoms with van der Waals surface area (Å²) in [5.41, 5.74) is 5.49. The number of rotatable bonds is 2. The Kier molecular flexibility index (Phi) is 3.73. The molecule has 1 aliphatic heterocycles. The maximum Gasteiger partial charge on any atom is 0.171 e. The molecule has 4 rings (SSSR count). The van der Waals surface area contributed by atoms with Gasteiger partial charge in [0.2, 0.25) is 0 Å². The second-order valence-electron chi connectivity index (χ2n) is 6.01. The second kappa shape index (κ2) is 5.91. The van der Waals surface area contributed by atoms with Crippen LogP contribution in [0.5, 0.6) is 5.75 Å². The zero-order chi connectivity index (χ0) is 16.7. The molecule has 0 radical (unpaired) electrons. The van der Waals surface area contributed by atoms with E-state index in [0.29, 0.717) is 5.11 Å². The van der Waals surface area contributed by atoms with Crippen LogP contribution in [-0.2, 0) is 6.42 Å². The van der Waals surface area contributed by atoms with Crippen LogP contribution in [0.1, 0.15) is 29.2 Å². The number of thiocarbonyl (C=S) groups is 1. The standard InChI is InChI=1S/C19H17FN2OS/c1-23-14-7-5-11-6-8-15-17(12-3-2-4-13(20)9-12)21-19(24)22-18(15)16(11)10-14/h2-5,7,9-10,17H,6,8H2,1H3,(H2,21,22,24)/t17-/m1/s1. The third kappa shape index (κ3) is 2.55. The first-order valence-corrected chi connectivity index (χ1v) is 8.30. The van der Waals surface area contributed by atoms with Gasteiger partial charge in [-0.25, -0.2) is 4.39 Å². The number of hydrogen-bond donors (Lipinski definition) is 2. The molecule has 0 amide bonds. The van der Waals surface area contributed by atoms with Gasteiger partial charge < -0.3 is 15.4 Å². The zero-order valence-corrected chi connectivity index (χ0v) is 14.0. The molecular weight excluding hydrogens is 323 g/mol. The van der Waals surface area contributed by atoms with E-state index in [1.54, 1.807) is 19.2 Å². The summed E-state index contributed by atoms with van der Waals surface area (Å²) in [6.07, 6.45) is 1.85. The highest BCUT2D eigenvalue weighted by Crippen LogP contribution is 2.39. The molecular formula is C19H17FN2OS. The molecule has 5 heteroatoms. The Morgan fingerprint density at radius 2 is 2.04 bits per heavy atom. The Balaban J connectivity index is 1.85. The molecule has 3 nitrogen and oxygen atoms in total. The molecule has 0 saturated carbocycles. The summed E-state index contributed by atoms with van der Waals surface area (Å²) in [5.74, 6) is 0.579. The van der Waals surface area contributed by atoms with Crippen LogP contribution in [0.15, 0.2) is 48.0 Å². The minimum absolute atomic E-state index is 0.108. The maximum absolute atomic E-state index is 13.7. The number of aryl methyl sites for hydroxylation is 1. The largest absolute Gasteiger partial charge is 0.497 e. The molecule has 2 aromatic carbocycles. The lowest BCUT2D eigenvalue weighted by molar-refractivity contribution is 0.414. The van der Waals surface area contributed by atoms with Crippen LogP contribution in [0, 0.1) is 5.82 Å². The second-order valence-corrected chi connectivity index (χ2v) is 6.42. The third-order valence-electron chi connectivity index (χ3n) is 4.62. The lowest BCUT2D eigenvalue weighted by Gasteiger charge is -2.36. The van der Waals surface area contributed by atoms with Crippen molar-refractivity contribution >= 4 is 23.0 Å². The van der Waals surface area contributed by atoms with Crippen molar-refractivity contribution in [2.24, 2.45) is 0 Å². The first kappa shape index (κ1) is 15.1. The number of benzene rings is 2. The van der Waals surface area contributed by atoms with Gasteiger partial charge in [-0.1, -0.05) is 18.2 Å². The van der Waals surface area contributed by atoms with Crippen LogP contribution in [0.3, 0.4) is 0 Å². The minimum Gasteiger partial charge on any atom is -0.497 e. The van der Waals surface area contributed by atoms with Gasteiger partial charge in [0, 0.05) is 11.3 Å². The van der Waals surface area contributed by atoms with Gasteiger partial charge >= 0.3 is 0 Å². The molecule has 1 aliphatic carbocycles. The van der Waals surface area contributed by atoms with E-state index in [2.05, 4.69) is 16.7 Å². The highest BCUT2D eigenvalue weighted by molar-refractivity contribution is 7.80. The molecule has 0 unspecified atom stereocenters. The summed E-state index contributed by atoms with van der Waals surface area (Å²) >= 11 is 5.39. The topological polar surface area (TPSA) is 33.3 Å². The highest BCUT2D eigenvalue weighted by Gasteiger charge is 2.31. The van der Waals surface area contributed by atoms with E-state index in [9.17, 15) is 4.39 Å². The molecule has 24 heavy (non-hydrogen) atoms. The van der Waals surface area contributed by atoms with Crippen molar-refractivity contribution in [3.8, 4) is 5.75 Å². The Labute approximate surface area is 145 Å². The highest BCUT2D eigenvalue weighted by atomic mass is 32.1. The lowest BCUT2D eigenvalue weighted by Crippen LogP contribution is -2.44. The average Bonchev–Trinajstić information content (AvgIpc) is 2.60. The number of hydrogen-bond acceptors (Lipinski definition) is 2. The molecule has 0 spiro atoms. The van der Waals surface area contributed by atoms with Gasteiger partial charge in [0.05, 0.1) is 13.2 Å². The van der Waals surface area contributed by atoms with E-state index < -0.39 is 0 Å². The smallest absolute Gasteiger partial charge is 0.171 e. The number of halogens is 1. The molecule has 0 saturated heterocycles. The Bertz CT molecular complexity index is 862. The minimum atomic E-state index is -0.237. The van der Waals surface area contributed by atoms with Crippen LogP contribution in [-0.4, -0.2) is 12.2 Å². The van der Waals surface area contributed by atoms with Crippen molar-refractivity contribution in [1.29, 1.82) is 0 Å². The van der Waals surface area contributed by atoms with E-state index in [1.807, 2.05) is 18.2 Å². The Morgan fingerprint density at radius 3 is 2.83 bits per heavy atom. The van der Waals surface area contributed by atoms with Gasteiger partial charge in [0.15, 0.2) is 5.11 Å². The van der Waals surface area contributed by atoms with Crippen LogP contribution < -0.4 is 15.4 Å². The fourth-order valence-corrected chi connectivity index (χ4v) is 3.70. The maximum atomic E-state index is 13.7. The first-order valence-electron chi connectivity index (χ1n) is 7.89. The van der Waals surface area contributed by atoms with Crippen molar-refractivity contribution in [3.05, 3.63) is 70.5 Å². The van der Waals surface area contributed by atoms with Gasteiger partial charge in [-0.05, 0) is 66.0 Å². The third-order valence-corrected chi connectivity index (χ3v) is 4.84. The fourth-order valence-electron chi connectivity index (χ4n) is 3.48. The predicted octanol–water partition coefficient (Wildman–Crippen LogP) is 3.71. The summed E-state index contributed by atoms with van der Waals surface area (Å²) in [4.78, 5) is 0. The van der Waals surface area contributed by atoms with E-state index in [0.717, 1.165) is 35.4 Å². The van der Waals surface area contributed by atoms with Crippen molar-refractivity contribution in [1.82, 2.24) is 10.6 Å². The predicted molar refractivity (Wildman–Crippen MR) is 96.2 cm³/mol. The summed E-state index contributed by atoms with van der Waals surface area (Å²) < 4.78 is 19.0. The lowest BCUT2D eigenvalue weighted by atomic mass is 9.83. The molecule has 1 heterocycles. The summed E-state index contributed by atoms with van der Waals surface area (Å²) in [6.45, 7) is 0. The monoisotopic (exact) mass is 340 g/mol. The van der Waals surface area contributed by atoms with Crippen LogP contribution in [0.25, 0.3) is 5.70 Å². The molecule has 1 atom stereocenters. The van der Waals surface area contributed by atoms with Gasteiger partial charge in [-0.15, -0.1) is 0 Å². The van der Waals surface area contributed by atoms with Crippen LogP contribution in [0.4, 0.5) is 4.39 Å². The number of nitrogens with one attached hydrogen (secondary N) is 2. The quantitative estimate of drug-likeness (QED) is 0.817. The van der Waals surface area contributed by atoms with Crippen molar-refractivity contribution < 1.29 is 9.13 Å². The molecule has 2 aromatic rings. The Morgan fingerprint density at radius 1 is 1.17 bits per heavy atom. The van der Waals surface area contributed by atoms with E-state index in [4.69, 9.17) is 17.0 Å². The molecule has 0 fully saturated rings. The SMILES string of the molecule is COc1ccc2c(c1)C1=C(CC2)[C@@H](c2cccc(F)c2)NC(=S)N1. The van der Waals surface area contributed by atoms with Gasteiger partial charge in [-0.2, -0.15) is 0 Å². The van der Waals surface area contributed by atoms with E-state index in [-0.39, 0.29) is 11.9 Å². The zero-order valence-electron chi connectivity index (χ0n) is 13.2. The fraction of sp³-hybridized carbons (Fsp3) is 0.211. The van der Waals surface area contributed by atoms with E-state index in [1.165, 1.54) is 17.2 Å². The number of fused-ring (bicyclic) bond motifs is 2. The van der Waals surface area contributed by atoms with Gasteiger partial charge in [0.1, 0.15) is 11.6 Å². The van der Waals surface area contributed by atoms with Crippen LogP contribution in [0.2, 0.25) is 0 Å². The summed E-state index contributed by atoms with van der Waals surface area (Å²) in [5, 5.41) is 7.13. The number of methoxy groups -OCH3 is 1. The molecule has 0 bridgehead atoms. The molecule has 122 valence electrons.